The second-order valence-electron chi connectivity index (χ2n) is 5.67. The summed E-state index contributed by atoms with van der Waals surface area (Å²) in [6.45, 7) is 3.78. The zero-order valence-corrected chi connectivity index (χ0v) is 15.2. The summed E-state index contributed by atoms with van der Waals surface area (Å²) in [5.74, 6) is 0.953. The normalized spacial score (nSPS) is 10.8. The molecule has 0 bridgehead atoms. The Labute approximate surface area is 148 Å². The van der Waals surface area contributed by atoms with Crippen LogP contribution in [0.3, 0.4) is 0 Å². The van der Waals surface area contributed by atoms with Crippen LogP contribution in [0.15, 0.2) is 36.4 Å². The van der Waals surface area contributed by atoms with Crippen molar-refractivity contribution >= 4 is 23.2 Å². The van der Waals surface area contributed by atoms with Gasteiger partial charge in [0.05, 0.1) is 6.61 Å². The molecule has 124 valence electrons. The minimum absolute atomic E-state index is 0.720. The van der Waals surface area contributed by atoms with Crippen LogP contribution in [0.1, 0.15) is 29.5 Å². The summed E-state index contributed by atoms with van der Waals surface area (Å²) in [6.07, 6.45) is 2.92. The molecule has 0 aliphatic rings. The zero-order valence-electron chi connectivity index (χ0n) is 13.7. The Hall–Kier alpha value is -1.22. The molecular weight excluding hydrogens is 329 g/mol. The van der Waals surface area contributed by atoms with Gasteiger partial charge in [0.1, 0.15) is 5.75 Å². The van der Waals surface area contributed by atoms with E-state index in [1.807, 2.05) is 50.4 Å². The molecule has 0 amide bonds. The lowest BCUT2D eigenvalue weighted by Gasteiger charge is -2.15. The standard InChI is InChI=1S/C19H23Cl2NO/c1-14-11-18(21)13-16(12-15-5-7-17(20)8-6-15)19(14)23-10-4-3-9-22-2/h5-8,11,13,22H,3-4,9-10,12H2,1-2H3. The van der Waals surface area contributed by atoms with Gasteiger partial charge in [0.15, 0.2) is 0 Å². The predicted molar refractivity (Wildman–Crippen MR) is 99.1 cm³/mol. The first kappa shape index (κ1) is 18.1. The van der Waals surface area contributed by atoms with Gasteiger partial charge in [-0.25, -0.2) is 0 Å². The fourth-order valence-electron chi connectivity index (χ4n) is 2.54. The first-order chi connectivity index (χ1) is 11.1. The average molecular weight is 352 g/mol. The lowest BCUT2D eigenvalue weighted by Crippen LogP contribution is -2.10. The highest BCUT2D eigenvalue weighted by Gasteiger charge is 2.10. The number of hydrogen-bond acceptors (Lipinski definition) is 2. The fourth-order valence-corrected chi connectivity index (χ4v) is 2.96. The summed E-state index contributed by atoms with van der Waals surface area (Å²) in [5.41, 5.74) is 3.39. The highest BCUT2D eigenvalue weighted by molar-refractivity contribution is 6.31. The second kappa shape index (κ2) is 9.17. The van der Waals surface area contributed by atoms with Crippen molar-refractivity contribution in [3.8, 4) is 5.75 Å². The molecule has 0 spiro atoms. The summed E-state index contributed by atoms with van der Waals surface area (Å²) in [4.78, 5) is 0. The maximum atomic E-state index is 6.23. The average Bonchev–Trinajstić information content (AvgIpc) is 2.51. The first-order valence-corrected chi connectivity index (χ1v) is 8.66. The third-order valence-electron chi connectivity index (χ3n) is 3.69. The largest absolute Gasteiger partial charge is 0.493 e. The van der Waals surface area contributed by atoms with Crippen molar-refractivity contribution < 1.29 is 4.74 Å². The third kappa shape index (κ3) is 5.72. The van der Waals surface area contributed by atoms with E-state index in [4.69, 9.17) is 27.9 Å². The molecule has 2 aromatic rings. The van der Waals surface area contributed by atoms with Gasteiger partial charge in [0.25, 0.3) is 0 Å². The third-order valence-corrected chi connectivity index (χ3v) is 4.16. The van der Waals surface area contributed by atoms with Gasteiger partial charge in [-0.05, 0) is 68.8 Å². The molecule has 0 aliphatic carbocycles. The number of rotatable bonds is 8. The highest BCUT2D eigenvalue weighted by atomic mass is 35.5. The van der Waals surface area contributed by atoms with Crippen LogP contribution >= 0.6 is 23.2 Å². The van der Waals surface area contributed by atoms with E-state index in [1.165, 1.54) is 5.56 Å². The van der Waals surface area contributed by atoms with Gasteiger partial charge in [-0.3, -0.25) is 0 Å². The van der Waals surface area contributed by atoms with Crippen molar-refractivity contribution in [1.29, 1.82) is 0 Å². The Morgan fingerprint density at radius 2 is 1.74 bits per heavy atom. The molecule has 0 saturated carbocycles. The summed E-state index contributed by atoms with van der Waals surface area (Å²) in [5, 5.41) is 4.64. The van der Waals surface area contributed by atoms with Crippen molar-refractivity contribution in [2.75, 3.05) is 20.2 Å². The first-order valence-electron chi connectivity index (χ1n) is 7.91. The number of hydrogen-bond donors (Lipinski definition) is 1. The van der Waals surface area contributed by atoms with E-state index in [1.54, 1.807) is 0 Å². The lowest BCUT2D eigenvalue weighted by atomic mass is 10.0. The quantitative estimate of drug-likeness (QED) is 0.654. The van der Waals surface area contributed by atoms with Gasteiger partial charge in [0.2, 0.25) is 0 Å². The molecule has 0 aromatic heterocycles. The van der Waals surface area contributed by atoms with Crippen LogP contribution in [-0.4, -0.2) is 20.2 Å². The monoisotopic (exact) mass is 351 g/mol. The minimum Gasteiger partial charge on any atom is -0.493 e. The topological polar surface area (TPSA) is 21.3 Å². The molecule has 23 heavy (non-hydrogen) atoms. The molecule has 1 N–H and O–H groups in total. The lowest BCUT2D eigenvalue weighted by molar-refractivity contribution is 0.302. The molecule has 0 heterocycles. The summed E-state index contributed by atoms with van der Waals surface area (Å²) >= 11 is 12.2. The van der Waals surface area contributed by atoms with Crippen molar-refractivity contribution in [3.63, 3.8) is 0 Å². The molecule has 4 heteroatoms. The van der Waals surface area contributed by atoms with Crippen LogP contribution in [0.4, 0.5) is 0 Å². The number of ether oxygens (including phenoxy) is 1. The van der Waals surface area contributed by atoms with Crippen molar-refractivity contribution in [3.05, 3.63) is 63.1 Å². The van der Waals surface area contributed by atoms with E-state index < -0.39 is 0 Å². The van der Waals surface area contributed by atoms with Crippen LogP contribution in [0.2, 0.25) is 10.0 Å². The van der Waals surface area contributed by atoms with Crippen molar-refractivity contribution in [2.45, 2.75) is 26.2 Å². The van der Waals surface area contributed by atoms with Gasteiger partial charge < -0.3 is 10.1 Å². The summed E-state index contributed by atoms with van der Waals surface area (Å²) < 4.78 is 6.05. The second-order valence-corrected chi connectivity index (χ2v) is 6.55. The maximum absolute atomic E-state index is 6.23. The minimum atomic E-state index is 0.720. The predicted octanol–water partition coefficient (Wildman–Crippen LogP) is 5.27. The molecule has 0 unspecified atom stereocenters. The molecular formula is C19H23Cl2NO. The Morgan fingerprint density at radius 3 is 2.43 bits per heavy atom. The number of unbranched alkanes of at least 4 members (excludes halogenated alkanes) is 1. The van der Waals surface area contributed by atoms with Gasteiger partial charge in [-0.15, -0.1) is 0 Å². The molecule has 0 radical (unpaired) electrons. The molecule has 0 fully saturated rings. The SMILES string of the molecule is CNCCCCOc1c(C)cc(Cl)cc1Cc1ccc(Cl)cc1. The van der Waals surface area contributed by atoms with E-state index in [0.717, 1.165) is 59.3 Å². The Morgan fingerprint density at radius 1 is 1.00 bits per heavy atom. The van der Waals surface area contributed by atoms with Gasteiger partial charge >= 0.3 is 0 Å². The van der Waals surface area contributed by atoms with E-state index in [9.17, 15) is 0 Å². The Bertz CT molecular complexity index is 626. The van der Waals surface area contributed by atoms with E-state index >= 15 is 0 Å². The number of halogens is 2. The molecule has 2 nitrogen and oxygen atoms in total. The fraction of sp³-hybridized carbons (Fsp3) is 0.368. The van der Waals surface area contributed by atoms with Crippen LogP contribution in [0, 0.1) is 6.92 Å². The summed E-state index contributed by atoms with van der Waals surface area (Å²) in [7, 11) is 1.97. The molecule has 0 aliphatic heterocycles. The maximum Gasteiger partial charge on any atom is 0.125 e. The van der Waals surface area contributed by atoms with Crippen LogP contribution in [-0.2, 0) is 6.42 Å². The Kier molecular flexibility index (Phi) is 7.22. The highest BCUT2D eigenvalue weighted by Crippen LogP contribution is 2.30. The molecule has 0 saturated heterocycles. The smallest absolute Gasteiger partial charge is 0.125 e. The molecule has 2 rings (SSSR count). The molecule has 0 atom stereocenters. The number of nitrogens with one attached hydrogen (secondary N) is 1. The van der Waals surface area contributed by atoms with Gasteiger partial charge in [-0.2, -0.15) is 0 Å². The van der Waals surface area contributed by atoms with Crippen LogP contribution in [0.25, 0.3) is 0 Å². The van der Waals surface area contributed by atoms with Crippen LogP contribution in [0.5, 0.6) is 5.75 Å². The van der Waals surface area contributed by atoms with Crippen LogP contribution < -0.4 is 10.1 Å². The number of aryl methyl sites for hydroxylation is 1. The Balaban J connectivity index is 2.11. The number of benzene rings is 2. The van der Waals surface area contributed by atoms with Gasteiger partial charge in [-0.1, -0.05) is 35.3 Å². The van der Waals surface area contributed by atoms with E-state index in [2.05, 4.69) is 5.32 Å². The molecule has 2 aromatic carbocycles. The van der Waals surface area contributed by atoms with E-state index in [0.29, 0.717) is 0 Å². The van der Waals surface area contributed by atoms with Crippen molar-refractivity contribution in [2.24, 2.45) is 0 Å². The van der Waals surface area contributed by atoms with Gasteiger partial charge in [0, 0.05) is 22.0 Å². The summed E-state index contributed by atoms with van der Waals surface area (Å²) in [6, 6.07) is 11.8. The van der Waals surface area contributed by atoms with E-state index in [-0.39, 0.29) is 0 Å². The van der Waals surface area contributed by atoms with Crippen molar-refractivity contribution in [1.82, 2.24) is 5.32 Å². The zero-order chi connectivity index (χ0) is 16.7.